The highest BCUT2D eigenvalue weighted by Gasteiger charge is 2.25. The average Bonchev–Trinajstić information content (AvgIpc) is 2.91. The topological polar surface area (TPSA) is 69.6 Å². The van der Waals surface area contributed by atoms with Crippen molar-refractivity contribution in [3.63, 3.8) is 0 Å². The number of benzene rings is 1. The van der Waals surface area contributed by atoms with Crippen LogP contribution in [-0.2, 0) is 4.79 Å². The second kappa shape index (κ2) is 7.40. The Balaban J connectivity index is 2.16. The summed E-state index contributed by atoms with van der Waals surface area (Å²) in [4.78, 5) is 26.1. The predicted molar refractivity (Wildman–Crippen MR) is 86.0 cm³/mol. The van der Waals surface area contributed by atoms with Gasteiger partial charge < -0.3 is 15.3 Å². The fourth-order valence-electron chi connectivity index (χ4n) is 2.65. The van der Waals surface area contributed by atoms with Crippen molar-refractivity contribution >= 4 is 17.5 Å². The van der Waals surface area contributed by atoms with E-state index in [9.17, 15) is 9.59 Å². The quantitative estimate of drug-likeness (QED) is 0.843. The molecule has 1 atom stereocenters. The Morgan fingerprint density at radius 2 is 2.23 bits per heavy atom. The summed E-state index contributed by atoms with van der Waals surface area (Å²) in [6, 6.07) is 5.60. The van der Waals surface area contributed by atoms with Crippen LogP contribution in [0.1, 0.15) is 42.1 Å². The van der Waals surface area contributed by atoms with E-state index < -0.39 is 0 Å². The van der Waals surface area contributed by atoms with Gasteiger partial charge in [-0.2, -0.15) is 0 Å². The molecule has 22 heavy (non-hydrogen) atoms. The van der Waals surface area contributed by atoms with E-state index in [1.165, 1.54) is 0 Å². The van der Waals surface area contributed by atoms with Crippen molar-refractivity contribution in [1.29, 1.82) is 0 Å². The standard InChI is InChI=1S/C17H24N2O3/c1-12-5-6-15(19-8-3-4-16(19)21)14(10-12)17(22)18-11-13(2)7-9-20/h5-6,10,13,20H,3-4,7-9,11H2,1-2H3,(H,18,22). The fraction of sp³-hybridized carbons (Fsp3) is 0.529. The van der Waals surface area contributed by atoms with Crippen LogP contribution in [0.25, 0.3) is 0 Å². The van der Waals surface area contributed by atoms with E-state index in [1.807, 2.05) is 32.0 Å². The lowest BCUT2D eigenvalue weighted by molar-refractivity contribution is -0.117. The molecule has 5 heteroatoms. The number of aliphatic hydroxyl groups is 1. The first-order chi connectivity index (χ1) is 10.5. The Morgan fingerprint density at radius 3 is 2.86 bits per heavy atom. The fourth-order valence-corrected chi connectivity index (χ4v) is 2.65. The lowest BCUT2D eigenvalue weighted by Gasteiger charge is -2.20. The molecule has 1 unspecified atom stereocenters. The summed E-state index contributed by atoms with van der Waals surface area (Å²) >= 11 is 0. The molecule has 120 valence electrons. The maximum absolute atomic E-state index is 12.5. The molecule has 0 aliphatic carbocycles. The molecule has 5 nitrogen and oxygen atoms in total. The highest BCUT2D eigenvalue weighted by Crippen LogP contribution is 2.26. The van der Waals surface area contributed by atoms with Crippen LogP contribution >= 0.6 is 0 Å². The van der Waals surface area contributed by atoms with Gasteiger partial charge in [0.1, 0.15) is 0 Å². The Morgan fingerprint density at radius 1 is 1.45 bits per heavy atom. The Labute approximate surface area is 131 Å². The minimum Gasteiger partial charge on any atom is -0.396 e. The number of rotatable bonds is 6. The minimum atomic E-state index is -0.164. The molecule has 1 aromatic carbocycles. The normalized spacial score (nSPS) is 16.0. The zero-order chi connectivity index (χ0) is 16.1. The molecular formula is C17H24N2O3. The number of carbonyl (C=O) groups is 2. The number of anilines is 1. The number of hydrogen-bond donors (Lipinski definition) is 2. The molecule has 1 heterocycles. The Kier molecular flexibility index (Phi) is 5.55. The third-order valence-corrected chi connectivity index (χ3v) is 3.99. The average molecular weight is 304 g/mol. The molecule has 0 aromatic heterocycles. The minimum absolute atomic E-state index is 0.0755. The number of aliphatic hydroxyl groups excluding tert-OH is 1. The zero-order valence-electron chi connectivity index (χ0n) is 13.3. The van der Waals surface area contributed by atoms with Crippen LogP contribution in [0, 0.1) is 12.8 Å². The number of carbonyl (C=O) groups excluding carboxylic acids is 2. The van der Waals surface area contributed by atoms with E-state index in [0.29, 0.717) is 37.2 Å². The second-order valence-corrected chi connectivity index (χ2v) is 6.00. The highest BCUT2D eigenvalue weighted by atomic mass is 16.3. The van der Waals surface area contributed by atoms with E-state index in [0.717, 1.165) is 12.0 Å². The lowest BCUT2D eigenvalue weighted by atomic mass is 10.1. The van der Waals surface area contributed by atoms with Gasteiger partial charge in [-0.1, -0.05) is 18.6 Å². The maximum atomic E-state index is 12.5. The SMILES string of the molecule is Cc1ccc(N2CCCC2=O)c(C(=O)NCC(C)CCO)c1. The van der Waals surface area contributed by atoms with Crippen molar-refractivity contribution in [3.8, 4) is 0 Å². The zero-order valence-corrected chi connectivity index (χ0v) is 13.3. The third kappa shape index (κ3) is 3.85. The van der Waals surface area contributed by atoms with Crippen LogP contribution in [0.2, 0.25) is 0 Å². The van der Waals surface area contributed by atoms with E-state index in [-0.39, 0.29) is 24.3 Å². The molecule has 0 spiro atoms. The molecule has 1 saturated heterocycles. The largest absolute Gasteiger partial charge is 0.396 e. The summed E-state index contributed by atoms with van der Waals surface area (Å²) in [5, 5.41) is 11.8. The number of aryl methyl sites for hydroxylation is 1. The van der Waals surface area contributed by atoms with Gasteiger partial charge in [0.25, 0.3) is 5.91 Å². The summed E-state index contributed by atoms with van der Waals surface area (Å²) in [6.45, 7) is 5.22. The molecule has 2 amide bonds. The van der Waals surface area contributed by atoms with E-state index in [2.05, 4.69) is 5.32 Å². The van der Waals surface area contributed by atoms with Crippen molar-refractivity contribution in [2.45, 2.75) is 33.1 Å². The number of nitrogens with one attached hydrogen (secondary N) is 1. The number of amides is 2. The summed E-state index contributed by atoms with van der Waals surface area (Å²) in [6.07, 6.45) is 2.04. The van der Waals surface area contributed by atoms with Gasteiger partial charge >= 0.3 is 0 Å². The molecule has 1 aliphatic heterocycles. The molecule has 0 bridgehead atoms. The van der Waals surface area contributed by atoms with E-state index in [1.54, 1.807) is 4.90 Å². The highest BCUT2D eigenvalue weighted by molar-refractivity contribution is 6.05. The van der Waals surface area contributed by atoms with Crippen molar-refractivity contribution in [1.82, 2.24) is 5.32 Å². The van der Waals surface area contributed by atoms with Crippen molar-refractivity contribution in [2.24, 2.45) is 5.92 Å². The Hall–Kier alpha value is -1.88. The van der Waals surface area contributed by atoms with Crippen molar-refractivity contribution in [2.75, 3.05) is 24.6 Å². The lowest BCUT2D eigenvalue weighted by Crippen LogP contribution is -2.32. The summed E-state index contributed by atoms with van der Waals surface area (Å²) < 4.78 is 0. The third-order valence-electron chi connectivity index (χ3n) is 3.99. The smallest absolute Gasteiger partial charge is 0.253 e. The molecular weight excluding hydrogens is 280 g/mol. The van der Waals surface area contributed by atoms with Crippen LogP contribution in [0.3, 0.4) is 0 Å². The van der Waals surface area contributed by atoms with Gasteiger partial charge in [-0.15, -0.1) is 0 Å². The van der Waals surface area contributed by atoms with Crippen molar-refractivity contribution in [3.05, 3.63) is 29.3 Å². The van der Waals surface area contributed by atoms with Crippen molar-refractivity contribution < 1.29 is 14.7 Å². The van der Waals surface area contributed by atoms with E-state index in [4.69, 9.17) is 5.11 Å². The van der Waals surface area contributed by atoms with E-state index >= 15 is 0 Å². The van der Waals surface area contributed by atoms with Crippen LogP contribution in [0.15, 0.2) is 18.2 Å². The second-order valence-electron chi connectivity index (χ2n) is 6.00. The van der Waals surface area contributed by atoms with Crippen LogP contribution in [0.5, 0.6) is 0 Å². The van der Waals surface area contributed by atoms with Gasteiger partial charge in [-0.05, 0) is 37.8 Å². The van der Waals surface area contributed by atoms with Crippen LogP contribution in [0.4, 0.5) is 5.69 Å². The first-order valence-corrected chi connectivity index (χ1v) is 7.83. The van der Waals surface area contributed by atoms with Gasteiger partial charge in [0.05, 0.1) is 11.3 Å². The number of hydrogen-bond acceptors (Lipinski definition) is 3. The summed E-state index contributed by atoms with van der Waals surface area (Å²) in [7, 11) is 0. The maximum Gasteiger partial charge on any atom is 0.253 e. The molecule has 1 aliphatic rings. The van der Waals surface area contributed by atoms with Gasteiger partial charge in [0.2, 0.25) is 5.91 Å². The van der Waals surface area contributed by atoms with Crippen LogP contribution in [-0.4, -0.2) is 36.6 Å². The Bertz CT molecular complexity index is 557. The molecule has 0 radical (unpaired) electrons. The first kappa shape index (κ1) is 16.5. The monoisotopic (exact) mass is 304 g/mol. The summed E-state index contributed by atoms with van der Waals surface area (Å²) in [5.74, 6) is 0.130. The van der Waals surface area contributed by atoms with Gasteiger partial charge in [-0.3, -0.25) is 9.59 Å². The van der Waals surface area contributed by atoms with Gasteiger partial charge in [0, 0.05) is 26.1 Å². The van der Waals surface area contributed by atoms with Gasteiger partial charge in [-0.25, -0.2) is 0 Å². The molecule has 2 rings (SSSR count). The first-order valence-electron chi connectivity index (χ1n) is 7.83. The molecule has 0 saturated carbocycles. The molecule has 2 N–H and O–H groups in total. The van der Waals surface area contributed by atoms with Gasteiger partial charge in [0.15, 0.2) is 0 Å². The number of nitrogens with zero attached hydrogens (tertiary/aromatic N) is 1. The molecule has 1 fully saturated rings. The predicted octanol–water partition coefficient (Wildman–Crippen LogP) is 1.87. The molecule has 1 aromatic rings. The van der Waals surface area contributed by atoms with Crippen LogP contribution < -0.4 is 10.2 Å². The summed E-state index contributed by atoms with van der Waals surface area (Å²) in [5.41, 5.74) is 2.23.